The van der Waals surface area contributed by atoms with Crippen LogP contribution in [-0.2, 0) is 10.9 Å². The molecule has 5 heteroatoms. The molecular formula is C11H11N2O2P. The first kappa shape index (κ1) is 10.00. The Bertz CT molecular complexity index is 589. The summed E-state index contributed by atoms with van der Waals surface area (Å²) >= 11 is 0. The van der Waals surface area contributed by atoms with Gasteiger partial charge in [-0.25, -0.2) is 0 Å². The molecule has 0 spiro atoms. The van der Waals surface area contributed by atoms with E-state index in [4.69, 9.17) is 10.3 Å². The number of hydrogen-bond donors (Lipinski definition) is 2. The maximum Gasteiger partial charge on any atom is 0.333 e. The van der Waals surface area contributed by atoms with E-state index in [0.29, 0.717) is 12.0 Å². The second kappa shape index (κ2) is 3.68. The summed E-state index contributed by atoms with van der Waals surface area (Å²) in [5, 5.41) is 1.13. The molecule has 1 aromatic heterocycles. The highest BCUT2D eigenvalue weighted by atomic mass is 31.1. The van der Waals surface area contributed by atoms with E-state index in [0.717, 1.165) is 22.9 Å². The van der Waals surface area contributed by atoms with Crippen molar-refractivity contribution >= 4 is 24.4 Å². The summed E-state index contributed by atoms with van der Waals surface area (Å²) in [5.41, 5.74) is 9.33. The minimum absolute atomic E-state index is 0.608. The van der Waals surface area contributed by atoms with Crippen LogP contribution in [0.15, 0.2) is 24.4 Å². The molecule has 0 radical (unpaired) electrons. The van der Waals surface area contributed by atoms with Crippen LogP contribution in [0.3, 0.4) is 0 Å². The van der Waals surface area contributed by atoms with Crippen molar-refractivity contribution in [3.8, 4) is 0 Å². The highest BCUT2D eigenvalue weighted by molar-refractivity contribution is 7.56. The highest BCUT2D eigenvalue weighted by Crippen LogP contribution is 2.38. The summed E-state index contributed by atoms with van der Waals surface area (Å²) in [5.74, 6) is 0. The molecule has 1 aliphatic rings. The van der Waals surface area contributed by atoms with Crippen LogP contribution in [0.4, 0.5) is 0 Å². The third-order valence-electron chi connectivity index (χ3n) is 2.73. The summed E-state index contributed by atoms with van der Waals surface area (Å²) in [6.45, 7) is 0.624. The average molecular weight is 234 g/mol. The van der Waals surface area contributed by atoms with Gasteiger partial charge in [0.1, 0.15) is 0 Å². The summed E-state index contributed by atoms with van der Waals surface area (Å²) < 4.78 is 4.92. The Morgan fingerprint density at radius 2 is 2.25 bits per heavy atom. The predicted octanol–water partition coefficient (Wildman–Crippen LogP) is 0.849. The van der Waals surface area contributed by atoms with Gasteiger partial charge in [-0.3, -0.25) is 0 Å². The molecule has 2 aromatic rings. The van der Waals surface area contributed by atoms with Gasteiger partial charge in [-0.15, -0.1) is 0 Å². The van der Waals surface area contributed by atoms with Crippen LogP contribution in [0.5, 0.6) is 0 Å². The zero-order valence-electron chi connectivity index (χ0n) is 8.56. The van der Waals surface area contributed by atoms with E-state index in [1.807, 2.05) is 24.4 Å². The molecule has 82 valence electrons. The zero-order valence-corrected chi connectivity index (χ0v) is 9.46. The molecule has 2 heterocycles. The second-order valence-electron chi connectivity index (χ2n) is 3.77. The molecule has 0 bridgehead atoms. The number of nitrogens with one attached hydrogen (secondary N) is 1. The van der Waals surface area contributed by atoms with Crippen LogP contribution >= 0.6 is 8.00 Å². The van der Waals surface area contributed by atoms with Crippen LogP contribution in [0.25, 0.3) is 10.9 Å². The van der Waals surface area contributed by atoms with E-state index in [1.165, 1.54) is 5.56 Å². The fourth-order valence-corrected chi connectivity index (χ4v) is 2.56. The molecule has 0 fully saturated rings. The lowest BCUT2D eigenvalue weighted by Crippen LogP contribution is -2.01. The van der Waals surface area contributed by atoms with Crippen molar-refractivity contribution < 1.29 is 9.42 Å². The number of nitrogens with two attached hydrogens (primary N) is 1. The molecule has 1 unspecified atom stereocenters. The fraction of sp³-hybridized carbons (Fsp3) is 0.182. The molecule has 0 aliphatic carbocycles. The van der Waals surface area contributed by atoms with E-state index in [9.17, 15) is 4.89 Å². The molecule has 1 atom stereocenters. The Morgan fingerprint density at radius 3 is 2.94 bits per heavy atom. The number of hydrogen-bond acceptors (Lipinski definition) is 3. The standard InChI is InChI=1S/C11H11N2O2P/c12-4-3-8-6-13-10-2-1-7(5-9(8)10)11-15-16(11)14/h1-2,5-6,13H,3-4,12H2. The van der Waals surface area contributed by atoms with Crippen molar-refractivity contribution in [3.05, 3.63) is 35.5 Å². The Labute approximate surface area is 93.6 Å². The summed E-state index contributed by atoms with van der Waals surface area (Å²) in [6, 6.07) is 5.90. The summed E-state index contributed by atoms with van der Waals surface area (Å²) in [6.07, 6.45) is 2.81. The number of aromatic amines is 1. The zero-order chi connectivity index (χ0) is 11.1. The minimum atomic E-state index is -1.54. The Kier molecular flexibility index (Phi) is 2.30. The van der Waals surface area contributed by atoms with Crippen molar-refractivity contribution in [2.24, 2.45) is 5.73 Å². The van der Waals surface area contributed by atoms with Crippen molar-refractivity contribution in [3.63, 3.8) is 0 Å². The van der Waals surface area contributed by atoms with Crippen LogP contribution < -0.4 is 10.6 Å². The third-order valence-corrected chi connectivity index (χ3v) is 3.59. The van der Waals surface area contributed by atoms with Crippen molar-refractivity contribution in [1.82, 2.24) is 4.98 Å². The van der Waals surface area contributed by atoms with Gasteiger partial charge in [0.2, 0.25) is 0 Å². The maximum atomic E-state index is 11.0. The molecule has 0 saturated heterocycles. The first-order chi connectivity index (χ1) is 7.79. The monoisotopic (exact) mass is 234 g/mol. The van der Waals surface area contributed by atoms with E-state index in [-0.39, 0.29) is 0 Å². The lowest BCUT2D eigenvalue weighted by Gasteiger charge is -1.96. The van der Waals surface area contributed by atoms with Gasteiger partial charge in [0, 0.05) is 17.1 Å². The molecule has 4 nitrogen and oxygen atoms in total. The topological polar surface area (TPSA) is 77.4 Å². The van der Waals surface area contributed by atoms with Gasteiger partial charge in [0.25, 0.3) is 8.00 Å². The maximum absolute atomic E-state index is 11.0. The van der Waals surface area contributed by atoms with E-state index >= 15 is 0 Å². The largest absolute Gasteiger partial charge is 0.600 e. The lowest BCUT2D eigenvalue weighted by atomic mass is 10.1. The van der Waals surface area contributed by atoms with Gasteiger partial charge in [-0.2, -0.15) is 0 Å². The van der Waals surface area contributed by atoms with Crippen molar-refractivity contribution in [1.29, 1.82) is 0 Å². The summed E-state index contributed by atoms with van der Waals surface area (Å²) in [4.78, 5) is 14.2. The van der Waals surface area contributed by atoms with Gasteiger partial charge in [0.15, 0.2) is 0 Å². The van der Waals surface area contributed by atoms with Crippen LogP contribution in [-0.4, -0.2) is 17.0 Å². The quantitative estimate of drug-likeness (QED) is 0.773. The Morgan fingerprint density at radius 1 is 1.44 bits per heavy atom. The number of rotatable bonds is 3. The van der Waals surface area contributed by atoms with Gasteiger partial charge >= 0.3 is 5.48 Å². The molecule has 3 N–H and O–H groups in total. The molecule has 1 aromatic carbocycles. The van der Waals surface area contributed by atoms with Crippen molar-refractivity contribution in [2.45, 2.75) is 6.42 Å². The van der Waals surface area contributed by atoms with Gasteiger partial charge in [0.05, 0.1) is 5.56 Å². The molecule has 1 aliphatic heterocycles. The highest BCUT2D eigenvalue weighted by Gasteiger charge is 2.34. The lowest BCUT2D eigenvalue weighted by molar-refractivity contribution is -0.159. The molecule has 16 heavy (non-hydrogen) atoms. The Balaban J connectivity index is 2.11. The molecule has 3 rings (SSSR count). The number of benzene rings is 1. The first-order valence-corrected chi connectivity index (χ1v) is 6.30. The van der Waals surface area contributed by atoms with E-state index in [2.05, 4.69) is 4.98 Å². The van der Waals surface area contributed by atoms with Crippen LogP contribution in [0, 0.1) is 0 Å². The molecule has 0 amide bonds. The smallest absolute Gasteiger partial charge is 0.333 e. The third kappa shape index (κ3) is 1.56. The summed E-state index contributed by atoms with van der Waals surface area (Å²) in [7, 11) is -1.54. The van der Waals surface area contributed by atoms with Crippen LogP contribution in [0.2, 0.25) is 0 Å². The van der Waals surface area contributed by atoms with Gasteiger partial charge in [-0.05, 0) is 36.7 Å². The number of aromatic nitrogens is 1. The predicted molar refractivity (Wildman–Crippen MR) is 63.2 cm³/mol. The average Bonchev–Trinajstić information content (AvgIpc) is 2.88. The first-order valence-electron chi connectivity index (χ1n) is 5.12. The SMILES string of the molecule is NCCc1c[nH]c2ccc(C3=[P+]([O-])O3)cc12. The van der Waals surface area contributed by atoms with Gasteiger partial charge in [-0.1, -0.05) is 4.52 Å². The molecular weight excluding hydrogens is 223 g/mol. The van der Waals surface area contributed by atoms with E-state index < -0.39 is 8.00 Å². The number of fused-ring (bicyclic) bond motifs is 1. The number of H-pyrrole nitrogens is 1. The minimum Gasteiger partial charge on any atom is -0.600 e. The van der Waals surface area contributed by atoms with E-state index in [1.54, 1.807) is 0 Å². The van der Waals surface area contributed by atoms with Crippen molar-refractivity contribution in [2.75, 3.05) is 6.54 Å². The normalized spacial score (nSPS) is 17.1. The fourth-order valence-electron chi connectivity index (χ4n) is 1.89. The Hall–Kier alpha value is -1.19. The van der Waals surface area contributed by atoms with Gasteiger partial charge < -0.3 is 15.6 Å². The molecule has 0 saturated carbocycles. The second-order valence-corrected chi connectivity index (χ2v) is 4.87. The van der Waals surface area contributed by atoms with Crippen LogP contribution in [0.1, 0.15) is 11.1 Å².